The zero-order chi connectivity index (χ0) is 12.7. The van der Waals surface area contributed by atoms with Crippen LogP contribution >= 0.6 is 0 Å². The number of ether oxygens (including phenoxy) is 2. The molecule has 0 atom stereocenters. The van der Waals surface area contributed by atoms with Crippen LogP contribution in [0.25, 0.3) is 0 Å². The van der Waals surface area contributed by atoms with Gasteiger partial charge < -0.3 is 14.4 Å². The van der Waals surface area contributed by atoms with Gasteiger partial charge in [-0.2, -0.15) is 0 Å². The maximum absolute atomic E-state index is 11.2. The molecule has 0 aliphatic heterocycles. The smallest absolute Gasteiger partial charge is 0.325 e. The summed E-state index contributed by atoms with van der Waals surface area (Å²) in [5, 5.41) is 0. The second-order valence-electron chi connectivity index (χ2n) is 3.06. The quantitative estimate of drug-likeness (QED) is 0.648. The van der Waals surface area contributed by atoms with Gasteiger partial charge in [-0.05, 0) is 6.07 Å². The van der Waals surface area contributed by atoms with Gasteiger partial charge in [-0.25, -0.2) is 9.97 Å². The normalized spacial score (nSPS) is 9.53. The van der Waals surface area contributed by atoms with Crippen LogP contribution in [-0.4, -0.2) is 49.2 Å². The number of aromatic nitrogens is 2. The molecule has 0 amide bonds. The van der Waals surface area contributed by atoms with Crippen LogP contribution < -0.4 is 4.90 Å². The molecule has 7 heteroatoms. The van der Waals surface area contributed by atoms with Gasteiger partial charge in [-0.1, -0.05) is 0 Å². The maximum atomic E-state index is 11.2. The van der Waals surface area contributed by atoms with E-state index in [4.69, 9.17) is 0 Å². The summed E-state index contributed by atoms with van der Waals surface area (Å²) in [4.78, 5) is 31.7. The molecular formula is C10H13N3O4. The highest BCUT2D eigenvalue weighted by Gasteiger charge is 2.17. The van der Waals surface area contributed by atoms with Gasteiger partial charge in [0.15, 0.2) is 0 Å². The number of hydrogen-bond donors (Lipinski definition) is 0. The third-order valence-corrected chi connectivity index (χ3v) is 1.93. The topological polar surface area (TPSA) is 81.6 Å². The summed E-state index contributed by atoms with van der Waals surface area (Å²) in [5.74, 6) is -0.703. The molecule has 92 valence electrons. The Morgan fingerprint density at radius 2 is 1.59 bits per heavy atom. The molecule has 17 heavy (non-hydrogen) atoms. The van der Waals surface area contributed by atoms with E-state index in [1.807, 2.05) is 0 Å². The van der Waals surface area contributed by atoms with Gasteiger partial charge in [0.05, 0.1) is 14.2 Å². The lowest BCUT2D eigenvalue weighted by Crippen LogP contribution is -2.36. The number of esters is 2. The van der Waals surface area contributed by atoms with Crippen molar-refractivity contribution in [1.29, 1.82) is 0 Å². The van der Waals surface area contributed by atoms with Crippen molar-refractivity contribution >= 4 is 17.9 Å². The van der Waals surface area contributed by atoms with Crippen LogP contribution in [-0.2, 0) is 19.1 Å². The first-order valence-corrected chi connectivity index (χ1v) is 4.83. The summed E-state index contributed by atoms with van der Waals surface area (Å²) in [7, 11) is 2.54. The van der Waals surface area contributed by atoms with Gasteiger partial charge in [0, 0.05) is 12.4 Å². The number of rotatable bonds is 5. The summed E-state index contributed by atoms with van der Waals surface area (Å²) in [6.45, 7) is -0.231. The Balaban J connectivity index is 2.79. The molecule has 1 heterocycles. The van der Waals surface area contributed by atoms with Gasteiger partial charge in [0.2, 0.25) is 5.95 Å². The second-order valence-corrected chi connectivity index (χ2v) is 3.06. The largest absolute Gasteiger partial charge is 0.468 e. The SMILES string of the molecule is COC(=O)CN(CC(=O)OC)c1ncccn1. The number of methoxy groups -OCH3 is 2. The van der Waals surface area contributed by atoms with E-state index in [1.54, 1.807) is 6.07 Å². The van der Waals surface area contributed by atoms with E-state index in [1.165, 1.54) is 31.5 Å². The van der Waals surface area contributed by atoms with Crippen LogP contribution in [0.2, 0.25) is 0 Å². The average Bonchev–Trinajstić information content (AvgIpc) is 2.38. The molecule has 0 aliphatic rings. The Hall–Kier alpha value is -2.18. The molecule has 1 aromatic heterocycles. The molecule has 0 unspecified atom stereocenters. The molecule has 1 aromatic rings. The highest BCUT2D eigenvalue weighted by molar-refractivity contribution is 5.80. The predicted octanol–water partition coefficient (Wildman–Crippen LogP) is -0.371. The minimum Gasteiger partial charge on any atom is -0.468 e. The lowest BCUT2D eigenvalue weighted by atomic mass is 10.5. The number of hydrogen-bond acceptors (Lipinski definition) is 7. The summed E-state index contributed by atoms with van der Waals surface area (Å²) in [5.41, 5.74) is 0. The second kappa shape index (κ2) is 6.41. The third-order valence-electron chi connectivity index (χ3n) is 1.93. The molecule has 7 nitrogen and oxygen atoms in total. The first-order chi connectivity index (χ1) is 8.17. The molecule has 0 saturated heterocycles. The van der Waals surface area contributed by atoms with E-state index in [2.05, 4.69) is 19.4 Å². The third kappa shape index (κ3) is 4.06. The highest BCUT2D eigenvalue weighted by Crippen LogP contribution is 2.05. The van der Waals surface area contributed by atoms with Crippen molar-refractivity contribution in [3.8, 4) is 0 Å². The van der Waals surface area contributed by atoms with Gasteiger partial charge >= 0.3 is 11.9 Å². The molecule has 0 fully saturated rings. The average molecular weight is 239 g/mol. The molecule has 0 saturated carbocycles. The van der Waals surface area contributed by atoms with Crippen molar-refractivity contribution in [3.05, 3.63) is 18.5 Å². The molecular weight excluding hydrogens is 226 g/mol. The molecule has 0 aromatic carbocycles. The highest BCUT2D eigenvalue weighted by atomic mass is 16.5. The van der Waals surface area contributed by atoms with Crippen LogP contribution in [0.15, 0.2) is 18.5 Å². The van der Waals surface area contributed by atoms with Crippen molar-refractivity contribution in [2.45, 2.75) is 0 Å². The van der Waals surface area contributed by atoms with Crippen LogP contribution in [0.5, 0.6) is 0 Å². The Labute approximate surface area is 98.4 Å². The lowest BCUT2D eigenvalue weighted by molar-refractivity contribution is -0.140. The van der Waals surface area contributed by atoms with Crippen LogP contribution in [0.3, 0.4) is 0 Å². The van der Waals surface area contributed by atoms with Crippen molar-refractivity contribution in [3.63, 3.8) is 0 Å². The number of carbonyl (C=O) groups is 2. The number of nitrogens with zero attached hydrogens (tertiary/aromatic N) is 3. The predicted molar refractivity (Wildman–Crippen MR) is 58.3 cm³/mol. The van der Waals surface area contributed by atoms with E-state index in [9.17, 15) is 9.59 Å². The summed E-state index contributed by atoms with van der Waals surface area (Å²) in [6.07, 6.45) is 3.04. The van der Waals surface area contributed by atoms with Crippen molar-refractivity contribution in [1.82, 2.24) is 9.97 Å². The molecule has 0 aliphatic carbocycles. The fourth-order valence-electron chi connectivity index (χ4n) is 1.09. The van der Waals surface area contributed by atoms with Gasteiger partial charge in [0.1, 0.15) is 13.1 Å². The van der Waals surface area contributed by atoms with Crippen LogP contribution in [0.4, 0.5) is 5.95 Å². The van der Waals surface area contributed by atoms with E-state index in [-0.39, 0.29) is 19.0 Å². The van der Waals surface area contributed by atoms with E-state index < -0.39 is 11.9 Å². The van der Waals surface area contributed by atoms with Crippen LogP contribution in [0, 0.1) is 0 Å². The standard InChI is InChI=1S/C10H13N3O4/c1-16-8(14)6-13(7-9(15)17-2)10-11-4-3-5-12-10/h3-5H,6-7H2,1-2H3. The van der Waals surface area contributed by atoms with Gasteiger partial charge in [0.25, 0.3) is 0 Å². The zero-order valence-corrected chi connectivity index (χ0v) is 9.62. The van der Waals surface area contributed by atoms with Gasteiger partial charge in [-0.15, -0.1) is 0 Å². The maximum Gasteiger partial charge on any atom is 0.325 e. The van der Waals surface area contributed by atoms with Crippen molar-refractivity contribution < 1.29 is 19.1 Å². The minimum atomic E-state index is -0.485. The van der Waals surface area contributed by atoms with E-state index in [0.29, 0.717) is 0 Å². The Kier molecular flexibility index (Phi) is 4.86. The Morgan fingerprint density at radius 3 is 2.00 bits per heavy atom. The van der Waals surface area contributed by atoms with Gasteiger partial charge in [-0.3, -0.25) is 9.59 Å². The first-order valence-electron chi connectivity index (χ1n) is 4.83. The zero-order valence-electron chi connectivity index (χ0n) is 9.62. The van der Waals surface area contributed by atoms with Crippen molar-refractivity contribution in [2.75, 3.05) is 32.2 Å². The molecule has 0 N–H and O–H groups in total. The lowest BCUT2D eigenvalue weighted by Gasteiger charge is -2.19. The molecule has 0 spiro atoms. The molecule has 0 bridgehead atoms. The van der Waals surface area contributed by atoms with Crippen molar-refractivity contribution in [2.24, 2.45) is 0 Å². The Bertz CT molecular complexity index is 364. The fourth-order valence-corrected chi connectivity index (χ4v) is 1.09. The monoisotopic (exact) mass is 239 g/mol. The van der Waals surface area contributed by atoms with E-state index >= 15 is 0 Å². The summed E-state index contributed by atoms with van der Waals surface area (Å²) >= 11 is 0. The minimum absolute atomic E-state index is 0.115. The fraction of sp³-hybridized carbons (Fsp3) is 0.400. The molecule has 1 rings (SSSR count). The van der Waals surface area contributed by atoms with E-state index in [0.717, 1.165) is 0 Å². The first kappa shape index (κ1) is 12.9. The van der Waals surface area contributed by atoms with Crippen LogP contribution in [0.1, 0.15) is 0 Å². The molecule has 0 radical (unpaired) electrons. The number of carbonyl (C=O) groups excluding carboxylic acids is 2. The summed E-state index contributed by atoms with van der Waals surface area (Å²) in [6, 6.07) is 1.64. The number of anilines is 1. The summed E-state index contributed by atoms with van der Waals surface area (Å²) < 4.78 is 9.06. The Morgan fingerprint density at radius 1 is 1.12 bits per heavy atom.